The van der Waals surface area contributed by atoms with Crippen molar-refractivity contribution in [3.63, 3.8) is 0 Å². The Morgan fingerprint density at radius 3 is 2.89 bits per heavy atom. The summed E-state index contributed by atoms with van der Waals surface area (Å²) in [4.78, 5) is 11.6. The monoisotopic (exact) mass is 259 g/mol. The van der Waals surface area contributed by atoms with Gasteiger partial charge in [0.05, 0.1) is 6.54 Å². The van der Waals surface area contributed by atoms with E-state index in [0.29, 0.717) is 5.76 Å². The highest BCUT2D eigenvalue weighted by Gasteiger charge is 2.33. The fourth-order valence-corrected chi connectivity index (χ4v) is 2.08. The third-order valence-corrected chi connectivity index (χ3v) is 3.51. The maximum absolute atomic E-state index is 11.6. The van der Waals surface area contributed by atoms with Gasteiger partial charge in [-0.05, 0) is 31.9 Å². The Kier molecular flexibility index (Phi) is 2.82. The van der Waals surface area contributed by atoms with Crippen LogP contribution in [0.4, 0.5) is 0 Å². The smallest absolute Gasteiger partial charge is 0.223 e. The van der Waals surface area contributed by atoms with Gasteiger partial charge in [-0.1, -0.05) is 18.2 Å². The number of hydrogen-bond acceptors (Lipinski definition) is 3. The number of para-hydroxylation sites is 1. The standard InChI is InChI=1S/C15H17NO3/c1-15(18,9-16-14(17)10-6-7-10)13-8-11-4-2-3-5-12(11)19-13/h2-5,8,10,18H,6-7,9H2,1H3,(H,16,17)/t15-/m1/s1. The van der Waals surface area contributed by atoms with Crippen molar-refractivity contribution in [3.8, 4) is 0 Å². The molecule has 1 atom stereocenters. The van der Waals surface area contributed by atoms with Gasteiger partial charge in [-0.2, -0.15) is 0 Å². The van der Waals surface area contributed by atoms with Gasteiger partial charge in [-0.3, -0.25) is 4.79 Å². The lowest BCUT2D eigenvalue weighted by Crippen LogP contribution is -2.39. The summed E-state index contributed by atoms with van der Waals surface area (Å²) in [5.41, 5.74) is -0.449. The first-order chi connectivity index (χ1) is 9.06. The van der Waals surface area contributed by atoms with Crippen molar-refractivity contribution < 1.29 is 14.3 Å². The Balaban J connectivity index is 1.76. The van der Waals surface area contributed by atoms with E-state index in [1.54, 1.807) is 6.92 Å². The van der Waals surface area contributed by atoms with Gasteiger partial charge >= 0.3 is 0 Å². The number of carbonyl (C=O) groups is 1. The van der Waals surface area contributed by atoms with Gasteiger partial charge in [0.2, 0.25) is 5.91 Å². The predicted octanol–water partition coefficient (Wildman–Crippen LogP) is 2.17. The molecule has 0 bridgehead atoms. The lowest BCUT2D eigenvalue weighted by Gasteiger charge is -2.21. The molecule has 0 unspecified atom stereocenters. The van der Waals surface area contributed by atoms with Gasteiger partial charge in [0.25, 0.3) is 0 Å². The first kappa shape index (κ1) is 12.2. The summed E-state index contributed by atoms with van der Waals surface area (Å²) in [6.45, 7) is 1.82. The third kappa shape index (κ3) is 2.49. The van der Waals surface area contributed by atoms with E-state index < -0.39 is 5.60 Å². The molecule has 1 amide bonds. The molecule has 100 valence electrons. The summed E-state index contributed by atoms with van der Waals surface area (Å²) < 4.78 is 5.64. The van der Waals surface area contributed by atoms with Crippen LogP contribution in [0.15, 0.2) is 34.7 Å². The number of carbonyl (C=O) groups excluding carboxylic acids is 1. The van der Waals surface area contributed by atoms with E-state index in [1.807, 2.05) is 30.3 Å². The highest BCUT2D eigenvalue weighted by molar-refractivity contribution is 5.81. The van der Waals surface area contributed by atoms with Gasteiger partial charge in [0, 0.05) is 11.3 Å². The number of benzene rings is 1. The van der Waals surface area contributed by atoms with E-state index in [1.165, 1.54) is 0 Å². The van der Waals surface area contributed by atoms with Crippen LogP contribution >= 0.6 is 0 Å². The second-order valence-electron chi connectivity index (χ2n) is 5.41. The van der Waals surface area contributed by atoms with Crippen LogP contribution in [0, 0.1) is 5.92 Å². The van der Waals surface area contributed by atoms with E-state index >= 15 is 0 Å². The van der Waals surface area contributed by atoms with E-state index in [4.69, 9.17) is 4.42 Å². The largest absolute Gasteiger partial charge is 0.458 e. The molecule has 1 aliphatic rings. The molecule has 0 radical (unpaired) electrons. The van der Waals surface area contributed by atoms with Crippen LogP contribution in [0.25, 0.3) is 11.0 Å². The van der Waals surface area contributed by atoms with Crippen molar-refractivity contribution in [1.29, 1.82) is 0 Å². The molecule has 4 heteroatoms. The van der Waals surface area contributed by atoms with E-state index in [2.05, 4.69) is 5.32 Å². The topological polar surface area (TPSA) is 62.5 Å². The van der Waals surface area contributed by atoms with Gasteiger partial charge in [-0.25, -0.2) is 0 Å². The molecular formula is C15H17NO3. The van der Waals surface area contributed by atoms with Crippen LogP contribution in [0.1, 0.15) is 25.5 Å². The van der Waals surface area contributed by atoms with E-state index in [0.717, 1.165) is 23.8 Å². The van der Waals surface area contributed by atoms with Crippen molar-refractivity contribution >= 4 is 16.9 Å². The zero-order valence-corrected chi connectivity index (χ0v) is 10.8. The molecule has 2 N–H and O–H groups in total. The van der Waals surface area contributed by atoms with Crippen LogP contribution < -0.4 is 5.32 Å². The van der Waals surface area contributed by atoms with Crippen LogP contribution in [-0.2, 0) is 10.4 Å². The van der Waals surface area contributed by atoms with Crippen molar-refractivity contribution in [1.82, 2.24) is 5.32 Å². The quantitative estimate of drug-likeness (QED) is 0.884. The summed E-state index contributed by atoms with van der Waals surface area (Å²) in [5.74, 6) is 0.646. The Hall–Kier alpha value is -1.81. The van der Waals surface area contributed by atoms with Crippen molar-refractivity contribution in [2.45, 2.75) is 25.4 Å². The highest BCUT2D eigenvalue weighted by atomic mass is 16.4. The van der Waals surface area contributed by atoms with E-state index in [-0.39, 0.29) is 18.4 Å². The molecule has 1 fully saturated rings. The normalized spacial score (nSPS) is 18.2. The van der Waals surface area contributed by atoms with E-state index in [9.17, 15) is 9.90 Å². The van der Waals surface area contributed by atoms with Crippen LogP contribution in [0.3, 0.4) is 0 Å². The molecule has 1 aromatic heterocycles. The number of hydrogen-bond donors (Lipinski definition) is 2. The van der Waals surface area contributed by atoms with Crippen molar-refractivity contribution in [3.05, 3.63) is 36.1 Å². The molecule has 0 aliphatic heterocycles. The van der Waals surface area contributed by atoms with Crippen molar-refractivity contribution in [2.75, 3.05) is 6.54 Å². The SMILES string of the molecule is C[C@@](O)(CNC(=O)C1CC1)c1cc2ccccc2o1. The zero-order chi connectivity index (χ0) is 13.5. The third-order valence-electron chi connectivity index (χ3n) is 3.51. The molecule has 3 rings (SSSR count). The molecule has 19 heavy (non-hydrogen) atoms. The summed E-state index contributed by atoms with van der Waals surface area (Å²) in [6.07, 6.45) is 1.91. The molecule has 4 nitrogen and oxygen atoms in total. The highest BCUT2D eigenvalue weighted by Crippen LogP contribution is 2.30. The summed E-state index contributed by atoms with van der Waals surface area (Å²) >= 11 is 0. The van der Waals surface area contributed by atoms with Gasteiger partial charge in [0.15, 0.2) is 0 Å². The van der Waals surface area contributed by atoms with Gasteiger partial charge in [-0.15, -0.1) is 0 Å². The zero-order valence-electron chi connectivity index (χ0n) is 10.8. The number of rotatable bonds is 4. The van der Waals surface area contributed by atoms with Gasteiger partial charge < -0.3 is 14.8 Å². The number of aliphatic hydroxyl groups is 1. The summed E-state index contributed by atoms with van der Waals surface area (Å²) in [6, 6.07) is 9.42. The molecule has 2 aromatic rings. The Bertz CT molecular complexity index is 578. The average Bonchev–Trinajstić information content (AvgIpc) is 3.14. The van der Waals surface area contributed by atoms with Crippen molar-refractivity contribution in [2.24, 2.45) is 5.92 Å². The minimum Gasteiger partial charge on any atom is -0.458 e. The Morgan fingerprint density at radius 1 is 1.47 bits per heavy atom. The molecule has 1 heterocycles. The summed E-state index contributed by atoms with van der Waals surface area (Å²) in [5, 5.41) is 14.2. The molecule has 1 aliphatic carbocycles. The fourth-order valence-electron chi connectivity index (χ4n) is 2.08. The minimum atomic E-state index is -1.19. The molecule has 1 aromatic carbocycles. The first-order valence-corrected chi connectivity index (χ1v) is 6.55. The fraction of sp³-hybridized carbons (Fsp3) is 0.400. The second kappa shape index (κ2) is 4.38. The van der Waals surface area contributed by atoms with Crippen LogP contribution in [0.5, 0.6) is 0 Å². The lowest BCUT2D eigenvalue weighted by molar-refractivity contribution is -0.123. The number of furan rings is 1. The molecule has 0 saturated heterocycles. The second-order valence-corrected chi connectivity index (χ2v) is 5.41. The first-order valence-electron chi connectivity index (χ1n) is 6.55. The maximum atomic E-state index is 11.6. The van der Waals surface area contributed by atoms with Crippen LogP contribution in [-0.4, -0.2) is 17.6 Å². The molecule has 0 spiro atoms. The molecular weight excluding hydrogens is 242 g/mol. The van der Waals surface area contributed by atoms with Gasteiger partial charge in [0.1, 0.15) is 16.9 Å². The molecule has 1 saturated carbocycles. The predicted molar refractivity (Wildman–Crippen MR) is 71.5 cm³/mol. The average molecular weight is 259 g/mol. The number of fused-ring (bicyclic) bond motifs is 1. The van der Waals surface area contributed by atoms with Crippen LogP contribution in [0.2, 0.25) is 0 Å². The lowest BCUT2D eigenvalue weighted by atomic mass is 10.0. The summed E-state index contributed by atoms with van der Waals surface area (Å²) in [7, 11) is 0. The Labute approximate surface area is 111 Å². The number of nitrogens with one attached hydrogen (secondary N) is 1. The minimum absolute atomic E-state index is 0.0244. The Morgan fingerprint density at radius 2 is 2.21 bits per heavy atom. The number of amides is 1. The maximum Gasteiger partial charge on any atom is 0.223 e.